The second-order valence-corrected chi connectivity index (χ2v) is 9.71. The van der Waals surface area contributed by atoms with Gasteiger partial charge in [0.05, 0.1) is 30.6 Å². The molecule has 0 spiro atoms. The van der Waals surface area contributed by atoms with Gasteiger partial charge in [-0.05, 0) is 24.3 Å². The van der Waals surface area contributed by atoms with Gasteiger partial charge in [0.15, 0.2) is 15.0 Å². The highest BCUT2D eigenvalue weighted by molar-refractivity contribution is 7.99. The summed E-state index contributed by atoms with van der Waals surface area (Å²) in [5, 5.41) is 11.3. The maximum absolute atomic E-state index is 12.7. The van der Waals surface area contributed by atoms with Crippen LogP contribution in [0.1, 0.15) is 5.82 Å². The number of hydrogen-bond donors (Lipinski definition) is 1. The third-order valence-corrected chi connectivity index (χ3v) is 7.14. The van der Waals surface area contributed by atoms with Crippen LogP contribution in [-0.4, -0.2) is 49.1 Å². The number of carbonyl (C=O) groups excluding carboxylic acids is 1. The molecule has 0 aliphatic heterocycles. The fourth-order valence-electron chi connectivity index (χ4n) is 2.95. The van der Waals surface area contributed by atoms with Gasteiger partial charge >= 0.3 is 0 Å². The molecule has 3 rings (SSSR count). The molecule has 0 unspecified atom stereocenters. The molecule has 1 aromatic heterocycles. The molecule has 2 aromatic carbocycles. The van der Waals surface area contributed by atoms with E-state index in [1.165, 1.54) is 26.4 Å². The minimum atomic E-state index is -3.60. The number of benzene rings is 2. The van der Waals surface area contributed by atoms with Crippen LogP contribution in [-0.2, 0) is 26.9 Å². The van der Waals surface area contributed by atoms with Crippen molar-refractivity contribution in [1.82, 2.24) is 14.8 Å². The van der Waals surface area contributed by atoms with Crippen LogP contribution >= 0.6 is 11.8 Å². The van der Waals surface area contributed by atoms with E-state index in [-0.39, 0.29) is 28.1 Å². The van der Waals surface area contributed by atoms with E-state index in [0.717, 1.165) is 11.8 Å². The van der Waals surface area contributed by atoms with Crippen LogP contribution in [0.15, 0.2) is 71.2 Å². The zero-order valence-corrected chi connectivity index (χ0v) is 19.9. The summed E-state index contributed by atoms with van der Waals surface area (Å²) in [6.07, 6.45) is 1.62. The van der Waals surface area contributed by atoms with Crippen molar-refractivity contribution < 1.29 is 22.7 Å². The third kappa shape index (κ3) is 6.14. The van der Waals surface area contributed by atoms with E-state index in [1.54, 1.807) is 47.0 Å². The zero-order chi connectivity index (χ0) is 23.8. The van der Waals surface area contributed by atoms with Gasteiger partial charge in [-0.15, -0.1) is 16.8 Å². The molecule has 11 heteroatoms. The Balaban J connectivity index is 1.72. The molecule has 33 heavy (non-hydrogen) atoms. The van der Waals surface area contributed by atoms with Gasteiger partial charge in [0.25, 0.3) is 0 Å². The summed E-state index contributed by atoms with van der Waals surface area (Å²) in [4.78, 5) is 12.7. The lowest BCUT2D eigenvalue weighted by Gasteiger charge is -2.12. The van der Waals surface area contributed by atoms with E-state index < -0.39 is 9.84 Å². The number of anilines is 1. The maximum atomic E-state index is 12.7. The molecule has 1 heterocycles. The predicted molar refractivity (Wildman–Crippen MR) is 126 cm³/mol. The van der Waals surface area contributed by atoms with Crippen molar-refractivity contribution in [3.63, 3.8) is 0 Å². The second kappa shape index (κ2) is 11.0. The monoisotopic (exact) mass is 488 g/mol. The Bertz CT molecular complexity index is 1230. The number of rotatable bonds is 11. The summed E-state index contributed by atoms with van der Waals surface area (Å²) in [5.74, 6) is 0.771. The maximum Gasteiger partial charge on any atom is 0.234 e. The number of allylic oxidation sites excluding steroid dienone is 1. The smallest absolute Gasteiger partial charge is 0.234 e. The van der Waals surface area contributed by atoms with Gasteiger partial charge < -0.3 is 19.4 Å². The Morgan fingerprint density at radius 3 is 2.58 bits per heavy atom. The highest BCUT2D eigenvalue weighted by Gasteiger charge is 2.21. The topological polar surface area (TPSA) is 112 Å². The molecule has 0 aliphatic carbocycles. The Hall–Kier alpha value is -3.31. The number of thioether (sulfide) groups is 1. The molecular formula is C22H24N4O5S2. The number of methoxy groups -OCH3 is 2. The van der Waals surface area contributed by atoms with Crippen LogP contribution in [0.5, 0.6) is 11.5 Å². The fourth-order valence-corrected chi connectivity index (χ4v) is 5.01. The van der Waals surface area contributed by atoms with Gasteiger partial charge in [0.2, 0.25) is 5.91 Å². The van der Waals surface area contributed by atoms with Gasteiger partial charge in [-0.2, -0.15) is 0 Å². The average Bonchev–Trinajstić information content (AvgIpc) is 3.19. The number of hydrogen-bond acceptors (Lipinski definition) is 8. The molecule has 0 radical (unpaired) electrons. The molecule has 3 aromatic rings. The molecule has 174 valence electrons. The first-order valence-corrected chi connectivity index (χ1v) is 12.5. The number of nitrogens with zero attached hydrogens (tertiary/aromatic N) is 3. The van der Waals surface area contributed by atoms with E-state index >= 15 is 0 Å². The van der Waals surface area contributed by atoms with Crippen LogP contribution in [0, 0.1) is 0 Å². The van der Waals surface area contributed by atoms with Crippen molar-refractivity contribution in [1.29, 1.82) is 0 Å². The highest BCUT2D eigenvalue weighted by Crippen LogP contribution is 2.29. The standard InChI is InChI=1S/C22H24N4O5S2/c1-4-12-26-20(15-33(28,29)17-8-6-5-7-9-17)24-25-22(26)32-14-21(27)23-18-13-16(30-2)10-11-19(18)31-3/h4-11,13H,1,12,14-15H2,2-3H3,(H,23,27). The lowest BCUT2D eigenvalue weighted by molar-refractivity contribution is -0.113. The van der Waals surface area contributed by atoms with E-state index in [4.69, 9.17) is 9.47 Å². The summed E-state index contributed by atoms with van der Waals surface area (Å²) < 4.78 is 37.6. The van der Waals surface area contributed by atoms with Crippen molar-refractivity contribution in [2.75, 3.05) is 25.3 Å². The number of aromatic nitrogens is 3. The quantitative estimate of drug-likeness (QED) is 0.323. The van der Waals surface area contributed by atoms with Crippen LogP contribution in [0.2, 0.25) is 0 Å². The van der Waals surface area contributed by atoms with Crippen LogP contribution in [0.3, 0.4) is 0 Å². The van der Waals surface area contributed by atoms with Crippen molar-refractivity contribution in [3.8, 4) is 11.5 Å². The second-order valence-electron chi connectivity index (χ2n) is 6.77. The Morgan fingerprint density at radius 1 is 1.15 bits per heavy atom. The van der Waals surface area contributed by atoms with Crippen LogP contribution < -0.4 is 14.8 Å². The SMILES string of the molecule is C=CCn1c(CS(=O)(=O)c2ccccc2)nnc1SCC(=O)Nc1cc(OC)ccc1OC. The van der Waals surface area contributed by atoms with Gasteiger partial charge in [-0.25, -0.2) is 8.42 Å². The third-order valence-electron chi connectivity index (χ3n) is 4.54. The number of sulfone groups is 1. The molecule has 1 amide bonds. The fraction of sp³-hybridized carbons (Fsp3) is 0.227. The van der Waals surface area contributed by atoms with Crippen LogP contribution in [0.25, 0.3) is 0 Å². The van der Waals surface area contributed by atoms with Gasteiger partial charge in [-0.3, -0.25) is 4.79 Å². The van der Waals surface area contributed by atoms with E-state index in [1.807, 2.05) is 0 Å². The first kappa shape index (κ1) is 24.3. The molecule has 0 saturated carbocycles. The number of nitrogens with one attached hydrogen (secondary N) is 1. The first-order valence-electron chi connectivity index (χ1n) is 9.83. The summed E-state index contributed by atoms with van der Waals surface area (Å²) in [6, 6.07) is 13.2. The summed E-state index contributed by atoms with van der Waals surface area (Å²) in [6.45, 7) is 4.02. The first-order chi connectivity index (χ1) is 15.9. The van der Waals surface area contributed by atoms with Crippen LogP contribution in [0.4, 0.5) is 5.69 Å². The predicted octanol–water partition coefficient (Wildman–Crippen LogP) is 3.19. The summed E-state index contributed by atoms with van der Waals surface area (Å²) in [7, 11) is -0.557. The van der Waals surface area contributed by atoms with Gasteiger partial charge in [-0.1, -0.05) is 36.0 Å². The van der Waals surface area contributed by atoms with E-state index in [0.29, 0.717) is 28.9 Å². The molecule has 0 saturated heterocycles. The van der Waals surface area contributed by atoms with E-state index in [2.05, 4.69) is 22.1 Å². The van der Waals surface area contributed by atoms with Crippen molar-refractivity contribution in [3.05, 3.63) is 67.0 Å². The molecule has 0 aliphatic rings. The molecule has 0 atom stereocenters. The molecule has 1 N–H and O–H groups in total. The Labute approximate surface area is 196 Å². The highest BCUT2D eigenvalue weighted by atomic mass is 32.2. The van der Waals surface area contributed by atoms with E-state index in [9.17, 15) is 13.2 Å². The lowest BCUT2D eigenvalue weighted by Crippen LogP contribution is -2.16. The molecular weight excluding hydrogens is 464 g/mol. The minimum Gasteiger partial charge on any atom is -0.497 e. The Kier molecular flexibility index (Phi) is 8.12. The number of ether oxygens (including phenoxy) is 2. The molecule has 9 nitrogen and oxygen atoms in total. The largest absolute Gasteiger partial charge is 0.497 e. The van der Waals surface area contributed by atoms with Crippen molar-refractivity contribution in [2.45, 2.75) is 22.3 Å². The van der Waals surface area contributed by atoms with Gasteiger partial charge in [0.1, 0.15) is 23.1 Å². The van der Waals surface area contributed by atoms with Gasteiger partial charge in [0, 0.05) is 12.6 Å². The summed E-state index contributed by atoms with van der Waals surface area (Å²) in [5.41, 5.74) is 0.477. The number of amides is 1. The van der Waals surface area contributed by atoms with Crippen molar-refractivity contribution in [2.24, 2.45) is 0 Å². The minimum absolute atomic E-state index is 0.0288. The normalized spacial score (nSPS) is 11.1. The van der Waals surface area contributed by atoms with Crippen molar-refractivity contribution >= 4 is 33.2 Å². The average molecular weight is 489 g/mol. The molecule has 0 fully saturated rings. The summed E-state index contributed by atoms with van der Waals surface area (Å²) >= 11 is 1.14. The zero-order valence-electron chi connectivity index (χ0n) is 18.2. The Morgan fingerprint density at radius 2 is 1.91 bits per heavy atom. The molecule has 0 bridgehead atoms. The number of carbonyl (C=O) groups is 1. The lowest BCUT2D eigenvalue weighted by atomic mass is 10.2.